The van der Waals surface area contributed by atoms with Crippen LogP contribution in [-0.2, 0) is 4.74 Å². The minimum absolute atomic E-state index is 0.142. The maximum atomic E-state index is 13.7. The first-order valence-corrected chi connectivity index (χ1v) is 10.3. The van der Waals surface area contributed by atoms with Gasteiger partial charge in [0.1, 0.15) is 5.82 Å². The Kier molecular flexibility index (Phi) is 5.83. The van der Waals surface area contributed by atoms with Crippen molar-refractivity contribution >= 4 is 62.1 Å². The Morgan fingerprint density at radius 3 is 2.74 bits per heavy atom. The number of carbonyl (C=O) groups is 2. The predicted molar refractivity (Wildman–Crippen MR) is 120 cm³/mol. The third-order valence-electron chi connectivity index (χ3n) is 4.46. The molecule has 6 nitrogen and oxygen atoms in total. The zero-order chi connectivity index (χ0) is 22.0. The average molecular weight is 456 g/mol. The molecule has 9 heteroatoms. The molecule has 31 heavy (non-hydrogen) atoms. The number of anilines is 3. The maximum Gasteiger partial charge on any atom is 0.339 e. The molecule has 0 saturated heterocycles. The molecule has 0 aliphatic carbocycles. The van der Waals surface area contributed by atoms with E-state index in [0.717, 1.165) is 10.1 Å². The third kappa shape index (κ3) is 4.35. The topological polar surface area (TPSA) is 80.3 Å². The van der Waals surface area contributed by atoms with Gasteiger partial charge in [0.2, 0.25) is 0 Å². The summed E-state index contributed by atoms with van der Waals surface area (Å²) in [7, 11) is 1.25. The van der Waals surface area contributed by atoms with Crippen molar-refractivity contribution in [3.63, 3.8) is 0 Å². The second-order valence-electron chi connectivity index (χ2n) is 6.46. The highest BCUT2D eigenvalue weighted by Crippen LogP contribution is 2.31. The van der Waals surface area contributed by atoms with Crippen LogP contribution in [0.5, 0.6) is 0 Å². The van der Waals surface area contributed by atoms with Crippen molar-refractivity contribution in [2.45, 2.75) is 0 Å². The molecule has 1 amide bonds. The van der Waals surface area contributed by atoms with E-state index in [4.69, 9.17) is 16.3 Å². The van der Waals surface area contributed by atoms with Crippen LogP contribution in [0.15, 0.2) is 60.1 Å². The molecule has 0 spiro atoms. The first-order valence-electron chi connectivity index (χ1n) is 9.04. The van der Waals surface area contributed by atoms with E-state index in [9.17, 15) is 14.0 Å². The average Bonchev–Trinajstić information content (AvgIpc) is 3.21. The molecular formula is C22H15ClFN3O3S. The van der Waals surface area contributed by atoms with Crippen LogP contribution in [0.2, 0.25) is 5.02 Å². The molecule has 156 valence electrons. The molecule has 0 fully saturated rings. The number of amides is 1. The van der Waals surface area contributed by atoms with Gasteiger partial charge in [0.25, 0.3) is 5.91 Å². The summed E-state index contributed by atoms with van der Waals surface area (Å²) in [5.74, 6) is -1.30. The Labute approximate surface area is 185 Å². The number of ether oxygens (including phenoxy) is 1. The van der Waals surface area contributed by atoms with Gasteiger partial charge in [-0.15, -0.1) is 11.3 Å². The zero-order valence-corrected chi connectivity index (χ0v) is 17.7. The van der Waals surface area contributed by atoms with E-state index in [1.165, 1.54) is 48.9 Å². The monoisotopic (exact) mass is 455 g/mol. The molecule has 0 atom stereocenters. The lowest BCUT2D eigenvalue weighted by atomic mass is 10.1. The van der Waals surface area contributed by atoms with Crippen molar-refractivity contribution in [2.75, 3.05) is 17.7 Å². The van der Waals surface area contributed by atoms with Gasteiger partial charge in [-0.2, -0.15) is 0 Å². The number of nitrogens with zero attached hydrogens (tertiary/aromatic N) is 1. The van der Waals surface area contributed by atoms with Crippen molar-refractivity contribution in [2.24, 2.45) is 0 Å². The van der Waals surface area contributed by atoms with E-state index < -0.39 is 11.8 Å². The molecule has 0 bridgehead atoms. The quantitative estimate of drug-likeness (QED) is 0.368. The second kappa shape index (κ2) is 8.71. The molecule has 4 aromatic rings. The number of methoxy groups -OCH3 is 1. The number of carbonyl (C=O) groups excluding carboxylic acids is 2. The van der Waals surface area contributed by atoms with Gasteiger partial charge in [0, 0.05) is 21.7 Å². The highest BCUT2D eigenvalue weighted by Gasteiger charge is 2.18. The Bertz CT molecular complexity index is 1310. The molecule has 2 N–H and O–H groups in total. The standard InChI is InChI=1S/C22H15ClFN3O3S/c1-30-22(29)12-8-18(20(25-10-12)26-17-9-13(24)6-7-16(17)23)27-21(28)15-11-31-19-5-3-2-4-14(15)19/h2-11H,1H3,(H,25,26)(H,27,28). The van der Waals surface area contributed by atoms with Crippen molar-refractivity contribution in [1.82, 2.24) is 4.98 Å². The fraction of sp³-hybridized carbons (Fsp3) is 0.0455. The minimum atomic E-state index is -0.612. The van der Waals surface area contributed by atoms with E-state index in [2.05, 4.69) is 15.6 Å². The molecule has 0 radical (unpaired) electrons. The lowest BCUT2D eigenvalue weighted by Gasteiger charge is -2.14. The number of benzene rings is 2. The zero-order valence-electron chi connectivity index (χ0n) is 16.1. The number of thiophene rings is 1. The van der Waals surface area contributed by atoms with Gasteiger partial charge in [0.05, 0.1) is 34.6 Å². The third-order valence-corrected chi connectivity index (χ3v) is 5.76. The van der Waals surface area contributed by atoms with Crippen molar-refractivity contribution in [3.8, 4) is 0 Å². The van der Waals surface area contributed by atoms with Gasteiger partial charge >= 0.3 is 5.97 Å². The Morgan fingerprint density at radius 1 is 1.13 bits per heavy atom. The molecule has 2 aromatic heterocycles. The van der Waals surface area contributed by atoms with Gasteiger partial charge in [-0.05, 0) is 30.3 Å². The van der Waals surface area contributed by atoms with Crippen LogP contribution in [0.1, 0.15) is 20.7 Å². The van der Waals surface area contributed by atoms with Gasteiger partial charge in [-0.25, -0.2) is 14.2 Å². The largest absolute Gasteiger partial charge is 0.465 e. The van der Waals surface area contributed by atoms with Crippen molar-refractivity contribution in [1.29, 1.82) is 0 Å². The Morgan fingerprint density at radius 2 is 1.94 bits per heavy atom. The number of rotatable bonds is 5. The number of nitrogens with one attached hydrogen (secondary N) is 2. The first kappa shape index (κ1) is 20.8. The number of hydrogen-bond acceptors (Lipinski definition) is 6. The van der Waals surface area contributed by atoms with Crippen LogP contribution < -0.4 is 10.6 Å². The van der Waals surface area contributed by atoms with E-state index in [-0.39, 0.29) is 33.7 Å². The lowest BCUT2D eigenvalue weighted by Crippen LogP contribution is -2.14. The number of pyridine rings is 1. The molecule has 2 aromatic carbocycles. The summed E-state index contributed by atoms with van der Waals surface area (Å²) in [6, 6.07) is 12.8. The molecule has 2 heterocycles. The smallest absolute Gasteiger partial charge is 0.339 e. The Hall–Kier alpha value is -3.49. The van der Waals surface area contributed by atoms with Crippen LogP contribution in [0, 0.1) is 5.82 Å². The van der Waals surface area contributed by atoms with Gasteiger partial charge < -0.3 is 15.4 Å². The number of halogens is 2. The van der Waals surface area contributed by atoms with Crippen molar-refractivity contribution in [3.05, 3.63) is 82.1 Å². The maximum absolute atomic E-state index is 13.7. The lowest BCUT2D eigenvalue weighted by molar-refractivity contribution is 0.0600. The van der Waals surface area contributed by atoms with Crippen LogP contribution in [-0.4, -0.2) is 24.0 Å². The van der Waals surface area contributed by atoms with E-state index in [1.54, 1.807) is 5.38 Å². The first-order chi connectivity index (χ1) is 15.0. The second-order valence-corrected chi connectivity index (χ2v) is 7.78. The Balaban J connectivity index is 1.72. The molecule has 0 saturated carbocycles. The van der Waals surface area contributed by atoms with Crippen LogP contribution in [0.3, 0.4) is 0 Å². The summed E-state index contributed by atoms with van der Waals surface area (Å²) in [5, 5.41) is 8.52. The van der Waals surface area contributed by atoms with Crippen molar-refractivity contribution < 1.29 is 18.7 Å². The number of hydrogen-bond donors (Lipinski definition) is 2. The summed E-state index contributed by atoms with van der Waals surface area (Å²) in [4.78, 5) is 29.2. The van der Waals surface area contributed by atoms with Gasteiger partial charge in [0.15, 0.2) is 5.82 Å². The van der Waals surface area contributed by atoms with Crippen LogP contribution in [0.4, 0.5) is 21.6 Å². The summed E-state index contributed by atoms with van der Waals surface area (Å²) >= 11 is 7.59. The van der Waals surface area contributed by atoms with E-state index in [1.807, 2.05) is 24.3 Å². The minimum Gasteiger partial charge on any atom is -0.465 e. The van der Waals surface area contributed by atoms with E-state index in [0.29, 0.717) is 5.56 Å². The molecule has 0 aliphatic rings. The molecule has 4 rings (SSSR count). The van der Waals surface area contributed by atoms with E-state index >= 15 is 0 Å². The fourth-order valence-corrected chi connectivity index (χ4v) is 4.06. The fourth-order valence-electron chi connectivity index (χ4n) is 2.95. The van der Waals surface area contributed by atoms with Gasteiger partial charge in [-0.3, -0.25) is 4.79 Å². The number of esters is 1. The summed E-state index contributed by atoms with van der Waals surface area (Å²) in [6.07, 6.45) is 1.29. The highest BCUT2D eigenvalue weighted by molar-refractivity contribution is 7.17. The summed E-state index contributed by atoms with van der Waals surface area (Å²) < 4.78 is 19.4. The van der Waals surface area contributed by atoms with Gasteiger partial charge in [-0.1, -0.05) is 29.8 Å². The summed E-state index contributed by atoms with van der Waals surface area (Å²) in [5.41, 5.74) is 1.10. The molecule has 0 unspecified atom stereocenters. The normalized spacial score (nSPS) is 10.7. The van der Waals surface area contributed by atoms with Crippen LogP contribution in [0.25, 0.3) is 10.1 Å². The number of fused-ring (bicyclic) bond motifs is 1. The molecular weight excluding hydrogens is 441 g/mol. The highest BCUT2D eigenvalue weighted by atomic mass is 35.5. The number of aromatic nitrogens is 1. The summed E-state index contributed by atoms with van der Waals surface area (Å²) in [6.45, 7) is 0. The SMILES string of the molecule is COC(=O)c1cnc(Nc2cc(F)ccc2Cl)c(NC(=O)c2csc3ccccc23)c1. The molecule has 0 aliphatic heterocycles. The predicted octanol–water partition coefficient (Wildman–Crippen LogP) is 5.87. The van der Waals surface area contributed by atoms with Crippen LogP contribution >= 0.6 is 22.9 Å².